The van der Waals surface area contributed by atoms with Gasteiger partial charge < -0.3 is 5.32 Å². The molecule has 16 heavy (non-hydrogen) atoms. The van der Waals surface area contributed by atoms with Gasteiger partial charge >= 0.3 is 0 Å². The summed E-state index contributed by atoms with van der Waals surface area (Å²) in [7, 11) is 0. The van der Waals surface area contributed by atoms with E-state index < -0.39 is 0 Å². The van der Waals surface area contributed by atoms with E-state index in [0.29, 0.717) is 24.5 Å². The third kappa shape index (κ3) is 4.47. The predicted molar refractivity (Wildman–Crippen MR) is 70.9 cm³/mol. The van der Waals surface area contributed by atoms with E-state index in [1.165, 1.54) is 0 Å². The molecular formula is C12H13BrClNO. The van der Waals surface area contributed by atoms with Crippen molar-refractivity contribution in [1.82, 2.24) is 5.32 Å². The Kier molecular flexibility index (Phi) is 5.74. The number of rotatable bonds is 6. The molecule has 0 spiro atoms. The fraction of sp³-hybridized carbons (Fsp3) is 0.250. The van der Waals surface area contributed by atoms with E-state index in [-0.39, 0.29) is 5.78 Å². The lowest BCUT2D eigenvalue weighted by Crippen LogP contribution is -2.24. The Morgan fingerprint density at radius 3 is 2.94 bits per heavy atom. The molecule has 0 heterocycles. The maximum atomic E-state index is 11.6. The zero-order valence-corrected chi connectivity index (χ0v) is 11.1. The number of benzene rings is 1. The summed E-state index contributed by atoms with van der Waals surface area (Å²) in [6, 6.07) is 5.53. The van der Waals surface area contributed by atoms with Crippen LogP contribution in [0.25, 0.3) is 0 Å². The number of carbonyl (C=O) groups excluding carboxylic acids is 1. The van der Waals surface area contributed by atoms with Crippen LogP contribution >= 0.6 is 27.5 Å². The summed E-state index contributed by atoms with van der Waals surface area (Å²) in [6.07, 6.45) is 2.08. The first kappa shape index (κ1) is 13.4. The Balaban J connectivity index is 2.52. The van der Waals surface area contributed by atoms with Crippen LogP contribution < -0.4 is 5.32 Å². The van der Waals surface area contributed by atoms with Crippen molar-refractivity contribution in [2.24, 2.45) is 0 Å². The van der Waals surface area contributed by atoms with Gasteiger partial charge in [-0.2, -0.15) is 0 Å². The molecule has 1 rings (SSSR count). The van der Waals surface area contributed by atoms with Crippen molar-refractivity contribution in [3.8, 4) is 0 Å². The van der Waals surface area contributed by atoms with E-state index >= 15 is 0 Å². The number of halogens is 2. The van der Waals surface area contributed by atoms with Crippen molar-refractivity contribution < 1.29 is 4.79 Å². The van der Waals surface area contributed by atoms with Crippen molar-refractivity contribution in [3.63, 3.8) is 0 Å². The zero-order valence-electron chi connectivity index (χ0n) is 8.80. The average molecular weight is 303 g/mol. The molecule has 0 unspecified atom stereocenters. The van der Waals surface area contributed by atoms with E-state index in [1.54, 1.807) is 12.1 Å². The van der Waals surface area contributed by atoms with Gasteiger partial charge in [0.15, 0.2) is 5.78 Å². The van der Waals surface area contributed by atoms with E-state index in [0.717, 1.165) is 10.0 Å². The smallest absolute Gasteiger partial charge is 0.151 e. The molecule has 0 radical (unpaired) electrons. The van der Waals surface area contributed by atoms with Crippen LogP contribution in [0.1, 0.15) is 5.56 Å². The van der Waals surface area contributed by atoms with Crippen LogP contribution in [0.4, 0.5) is 0 Å². The molecule has 0 bridgehead atoms. The maximum Gasteiger partial charge on any atom is 0.151 e. The first-order valence-corrected chi connectivity index (χ1v) is 6.08. The van der Waals surface area contributed by atoms with E-state index in [2.05, 4.69) is 27.8 Å². The van der Waals surface area contributed by atoms with Crippen LogP contribution in [0.15, 0.2) is 35.3 Å². The summed E-state index contributed by atoms with van der Waals surface area (Å²) in [5.41, 5.74) is 0.857. The molecule has 0 fully saturated rings. The standard InChI is InChI=1S/C12H13BrClNO/c1-2-5-15-8-11(16)6-9-3-4-10(13)7-12(9)14/h2-4,7,15H,1,5-6,8H2. The third-order valence-electron chi connectivity index (χ3n) is 2.01. The second-order valence-corrected chi connectivity index (χ2v) is 4.69. The van der Waals surface area contributed by atoms with Crippen molar-refractivity contribution in [1.29, 1.82) is 0 Å². The Labute approximate surface area is 109 Å². The minimum absolute atomic E-state index is 0.117. The normalized spacial score (nSPS) is 10.1. The maximum absolute atomic E-state index is 11.6. The fourth-order valence-electron chi connectivity index (χ4n) is 1.25. The molecule has 0 aromatic heterocycles. The van der Waals surface area contributed by atoms with Crippen molar-refractivity contribution in [2.45, 2.75) is 6.42 Å². The highest BCUT2D eigenvalue weighted by atomic mass is 79.9. The predicted octanol–water partition coefficient (Wildman–Crippen LogP) is 2.99. The average Bonchev–Trinajstić information content (AvgIpc) is 2.23. The van der Waals surface area contributed by atoms with Gasteiger partial charge in [0.05, 0.1) is 6.54 Å². The molecule has 2 nitrogen and oxygen atoms in total. The summed E-state index contributed by atoms with van der Waals surface area (Å²) in [6.45, 7) is 4.55. The molecule has 86 valence electrons. The van der Waals surface area contributed by atoms with Crippen LogP contribution in [0.3, 0.4) is 0 Å². The Morgan fingerprint density at radius 1 is 1.56 bits per heavy atom. The Hall–Kier alpha value is -0.640. The van der Waals surface area contributed by atoms with Crippen LogP contribution in [0.5, 0.6) is 0 Å². The van der Waals surface area contributed by atoms with Gasteiger partial charge in [-0.3, -0.25) is 4.79 Å². The number of carbonyl (C=O) groups is 1. The number of nitrogens with one attached hydrogen (secondary N) is 1. The lowest BCUT2D eigenvalue weighted by Gasteiger charge is -2.04. The van der Waals surface area contributed by atoms with Crippen molar-refractivity contribution >= 4 is 33.3 Å². The molecule has 1 aromatic carbocycles. The molecule has 0 aliphatic rings. The van der Waals surface area contributed by atoms with Crippen LogP contribution in [0.2, 0.25) is 5.02 Å². The minimum Gasteiger partial charge on any atom is -0.307 e. The quantitative estimate of drug-likeness (QED) is 0.646. The number of ketones is 1. The number of Topliss-reactive ketones (excluding diaryl/α,β-unsaturated/α-hetero) is 1. The van der Waals surface area contributed by atoms with Gasteiger partial charge in [-0.1, -0.05) is 39.7 Å². The highest BCUT2D eigenvalue weighted by Crippen LogP contribution is 2.21. The summed E-state index contributed by atoms with van der Waals surface area (Å²) in [4.78, 5) is 11.6. The number of hydrogen-bond donors (Lipinski definition) is 1. The lowest BCUT2D eigenvalue weighted by molar-refractivity contribution is -0.117. The summed E-state index contributed by atoms with van der Waals surface area (Å²) in [5, 5.41) is 3.58. The van der Waals surface area contributed by atoms with Gasteiger partial charge in [-0.25, -0.2) is 0 Å². The van der Waals surface area contributed by atoms with Crippen LogP contribution in [-0.2, 0) is 11.2 Å². The summed E-state index contributed by atoms with van der Waals surface area (Å²) < 4.78 is 0.915. The molecule has 0 saturated heterocycles. The summed E-state index contributed by atoms with van der Waals surface area (Å²) >= 11 is 9.34. The SMILES string of the molecule is C=CCNCC(=O)Cc1ccc(Br)cc1Cl. The number of hydrogen-bond acceptors (Lipinski definition) is 2. The van der Waals surface area contributed by atoms with E-state index in [1.807, 2.05) is 12.1 Å². The van der Waals surface area contributed by atoms with Gasteiger partial charge in [-0.15, -0.1) is 6.58 Å². The Morgan fingerprint density at radius 2 is 2.31 bits per heavy atom. The highest BCUT2D eigenvalue weighted by Gasteiger charge is 2.06. The van der Waals surface area contributed by atoms with Gasteiger partial charge in [0.1, 0.15) is 0 Å². The first-order valence-electron chi connectivity index (χ1n) is 4.90. The highest BCUT2D eigenvalue weighted by molar-refractivity contribution is 9.10. The topological polar surface area (TPSA) is 29.1 Å². The third-order valence-corrected chi connectivity index (χ3v) is 2.86. The monoisotopic (exact) mass is 301 g/mol. The molecule has 4 heteroatoms. The molecule has 0 aliphatic heterocycles. The molecule has 0 saturated carbocycles. The molecule has 1 N–H and O–H groups in total. The van der Waals surface area contributed by atoms with Gasteiger partial charge in [0.2, 0.25) is 0 Å². The molecule has 0 amide bonds. The van der Waals surface area contributed by atoms with Crippen molar-refractivity contribution in [2.75, 3.05) is 13.1 Å². The second-order valence-electron chi connectivity index (χ2n) is 3.37. The molecule has 0 aliphatic carbocycles. The lowest BCUT2D eigenvalue weighted by atomic mass is 10.1. The molecule has 0 atom stereocenters. The van der Waals surface area contributed by atoms with E-state index in [9.17, 15) is 4.79 Å². The second kappa shape index (κ2) is 6.84. The molecular weight excluding hydrogens is 289 g/mol. The first-order chi connectivity index (χ1) is 7.63. The van der Waals surface area contributed by atoms with Crippen molar-refractivity contribution in [3.05, 3.63) is 45.9 Å². The summed E-state index contributed by atoms with van der Waals surface area (Å²) in [5.74, 6) is 0.117. The van der Waals surface area contributed by atoms with Crippen LogP contribution in [0, 0.1) is 0 Å². The zero-order chi connectivity index (χ0) is 12.0. The van der Waals surface area contributed by atoms with Crippen LogP contribution in [-0.4, -0.2) is 18.9 Å². The van der Waals surface area contributed by atoms with Gasteiger partial charge in [-0.05, 0) is 17.7 Å². The fourth-order valence-corrected chi connectivity index (χ4v) is 1.99. The largest absolute Gasteiger partial charge is 0.307 e. The van der Waals surface area contributed by atoms with E-state index in [4.69, 9.17) is 11.6 Å². The van der Waals surface area contributed by atoms with Gasteiger partial charge in [0.25, 0.3) is 0 Å². The van der Waals surface area contributed by atoms with Gasteiger partial charge in [0, 0.05) is 22.5 Å². The molecule has 1 aromatic rings. The Bertz CT molecular complexity index is 393. The minimum atomic E-state index is 0.117.